The van der Waals surface area contributed by atoms with Gasteiger partial charge in [-0.25, -0.2) is 18.6 Å². The van der Waals surface area contributed by atoms with Gasteiger partial charge >= 0.3 is 5.97 Å². The van der Waals surface area contributed by atoms with Crippen molar-refractivity contribution in [2.24, 2.45) is 5.92 Å². The zero-order valence-electron chi connectivity index (χ0n) is 17.0. The van der Waals surface area contributed by atoms with Gasteiger partial charge < -0.3 is 19.7 Å². The minimum Gasteiger partial charge on any atom is -0.476 e. The Kier molecular flexibility index (Phi) is 5.95. The predicted octanol–water partition coefficient (Wildman–Crippen LogP) is 2.79. The number of rotatable bonds is 9. The standard InChI is InChI=1S/C20H27F2N3O4/c1-4-19(5-2,18(27)28-3)24-16(26)14-8-9-15(25-11-20(21,22)12-25)17(23-14)29-10-13-6-7-13/h8-9,13H,4-7,10-12H2,1-3H3,(H,24,26). The molecule has 9 heteroatoms. The van der Waals surface area contributed by atoms with E-state index in [1.54, 1.807) is 19.9 Å². The van der Waals surface area contributed by atoms with Gasteiger partial charge in [0.2, 0.25) is 5.88 Å². The van der Waals surface area contributed by atoms with Gasteiger partial charge in [0.05, 0.1) is 26.8 Å². The van der Waals surface area contributed by atoms with Gasteiger partial charge in [-0.3, -0.25) is 4.79 Å². The molecule has 0 atom stereocenters. The summed E-state index contributed by atoms with van der Waals surface area (Å²) >= 11 is 0. The average Bonchev–Trinajstić information content (AvgIpc) is 3.52. The van der Waals surface area contributed by atoms with Crippen molar-refractivity contribution in [2.45, 2.75) is 51.0 Å². The average molecular weight is 411 g/mol. The lowest BCUT2D eigenvalue weighted by Gasteiger charge is -2.40. The summed E-state index contributed by atoms with van der Waals surface area (Å²) < 4.78 is 37.2. The van der Waals surface area contributed by atoms with E-state index in [4.69, 9.17) is 9.47 Å². The van der Waals surface area contributed by atoms with E-state index in [0.717, 1.165) is 12.8 Å². The van der Waals surface area contributed by atoms with Crippen LogP contribution in [0.15, 0.2) is 12.1 Å². The van der Waals surface area contributed by atoms with Crippen molar-refractivity contribution in [3.8, 4) is 5.88 Å². The molecule has 160 valence electrons. The first-order chi connectivity index (χ1) is 13.7. The van der Waals surface area contributed by atoms with E-state index in [0.29, 0.717) is 31.1 Å². The van der Waals surface area contributed by atoms with E-state index in [9.17, 15) is 18.4 Å². The zero-order chi connectivity index (χ0) is 21.2. The van der Waals surface area contributed by atoms with Crippen LogP contribution in [0.25, 0.3) is 0 Å². The Morgan fingerprint density at radius 3 is 2.45 bits per heavy atom. The molecule has 0 spiro atoms. The molecule has 0 bridgehead atoms. The van der Waals surface area contributed by atoms with Crippen LogP contribution in [-0.4, -0.2) is 55.1 Å². The number of aromatic nitrogens is 1. The Morgan fingerprint density at radius 1 is 1.28 bits per heavy atom. The summed E-state index contributed by atoms with van der Waals surface area (Å²) in [7, 11) is 1.27. The SMILES string of the molecule is CCC(CC)(NC(=O)c1ccc(N2CC(F)(F)C2)c(OCC2CC2)n1)C(=O)OC. The number of methoxy groups -OCH3 is 1. The summed E-state index contributed by atoms with van der Waals surface area (Å²) in [6.07, 6.45) is 2.83. The van der Waals surface area contributed by atoms with E-state index < -0.39 is 36.4 Å². The lowest BCUT2D eigenvalue weighted by Crippen LogP contribution is -2.56. The van der Waals surface area contributed by atoms with E-state index in [1.807, 2.05) is 0 Å². The number of hydrogen-bond donors (Lipinski definition) is 1. The number of anilines is 1. The molecule has 7 nitrogen and oxygen atoms in total. The van der Waals surface area contributed by atoms with Gasteiger partial charge in [-0.2, -0.15) is 0 Å². The fourth-order valence-corrected chi connectivity index (χ4v) is 3.31. The third-order valence-electron chi connectivity index (χ3n) is 5.55. The number of pyridine rings is 1. The molecular weight excluding hydrogens is 384 g/mol. The highest BCUT2D eigenvalue weighted by Crippen LogP contribution is 2.38. The third-order valence-corrected chi connectivity index (χ3v) is 5.55. The number of nitrogens with zero attached hydrogens (tertiary/aromatic N) is 2. The summed E-state index contributed by atoms with van der Waals surface area (Å²) in [5, 5.41) is 2.73. The molecule has 1 aromatic heterocycles. The number of carbonyl (C=O) groups excluding carboxylic acids is 2. The van der Waals surface area contributed by atoms with Crippen LogP contribution in [0.3, 0.4) is 0 Å². The molecular formula is C20H27F2N3O4. The second-order valence-electron chi connectivity index (χ2n) is 7.72. The van der Waals surface area contributed by atoms with Crippen LogP contribution in [-0.2, 0) is 9.53 Å². The van der Waals surface area contributed by atoms with Crippen LogP contribution in [0.2, 0.25) is 0 Å². The molecule has 1 saturated carbocycles. The maximum Gasteiger partial charge on any atom is 0.331 e. The second kappa shape index (κ2) is 8.12. The van der Waals surface area contributed by atoms with Gasteiger partial charge in [0.1, 0.15) is 16.9 Å². The number of esters is 1. The number of amides is 1. The molecule has 2 aliphatic rings. The molecule has 1 aromatic rings. The summed E-state index contributed by atoms with van der Waals surface area (Å²) in [6.45, 7) is 3.19. The Hall–Kier alpha value is -2.45. The first-order valence-corrected chi connectivity index (χ1v) is 9.91. The molecule has 0 unspecified atom stereocenters. The molecule has 3 rings (SSSR count). The molecule has 1 saturated heterocycles. The zero-order valence-corrected chi connectivity index (χ0v) is 17.0. The molecule has 2 heterocycles. The number of hydrogen-bond acceptors (Lipinski definition) is 6. The maximum atomic E-state index is 13.3. The monoisotopic (exact) mass is 411 g/mol. The fourth-order valence-electron chi connectivity index (χ4n) is 3.31. The normalized spacial score (nSPS) is 18.0. The van der Waals surface area contributed by atoms with Gasteiger partial charge in [0, 0.05) is 0 Å². The summed E-state index contributed by atoms with van der Waals surface area (Å²) in [4.78, 5) is 30.8. The smallest absolute Gasteiger partial charge is 0.331 e. The van der Waals surface area contributed by atoms with Crippen LogP contribution in [0.1, 0.15) is 50.0 Å². The van der Waals surface area contributed by atoms with E-state index >= 15 is 0 Å². The Morgan fingerprint density at radius 2 is 1.93 bits per heavy atom. The number of alkyl halides is 2. The van der Waals surface area contributed by atoms with Gasteiger partial charge in [0.15, 0.2) is 0 Å². The van der Waals surface area contributed by atoms with Crippen molar-refractivity contribution in [3.05, 3.63) is 17.8 Å². The van der Waals surface area contributed by atoms with Crippen molar-refractivity contribution in [3.63, 3.8) is 0 Å². The lowest BCUT2D eigenvalue weighted by atomic mass is 9.92. The third kappa shape index (κ3) is 4.59. The molecule has 0 aromatic carbocycles. The topological polar surface area (TPSA) is 80.8 Å². The Balaban J connectivity index is 1.81. The van der Waals surface area contributed by atoms with Crippen LogP contribution < -0.4 is 15.0 Å². The van der Waals surface area contributed by atoms with Crippen molar-refractivity contribution in [2.75, 3.05) is 31.7 Å². The molecule has 1 aliphatic heterocycles. The van der Waals surface area contributed by atoms with E-state index in [2.05, 4.69) is 10.3 Å². The fraction of sp³-hybridized carbons (Fsp3) is 0.650. The number of carbonyl (C=O) groups is 2. The second-order valence-corrected chi connectivity index (χ2v) is 7.72. The number of ether oxygens (including phenoxy) is 2. The number of halogens is 2. The number of nitrogens with one attached hydrogen (secondary N) is 1. The largest absolute Gasteiger partial charge is 0.476 e. The highest BCUT2D eigenvalue weighted by atomic mass is 19.3. The molecule has 1 amide bonds. The lowest BCUT2D eigenvalue weighted by molar-refractivity contribution is -0.148. The molecule has 0 radical (unpaired) electrons. The summed E-state index contributed by atoms with van der Waals surface area (Å²) in [5.74, 6) is -3.20. The molecule has 2 fully saturated rings. The van der Waals surface area contributed by atoms with E-state index in [-0.39, 0.29) is 11.6 Å². The maximum absolute atomic E-state index is 13.3. The predicted molar refractivity (Wildman–Crippen MR) is 102 cm³/mol. The van der Waals surface area contributed by atoms with Crippen LogP contribution in [0.4, 0.5) is 14.5 Å². The van der Waals surface area contributed by atoms with Crippen LogP contribution in [0.5, 0.6) is 5.88 Å². The highest BCUT2D eigenvalue weighted by Gasteiger charge is 2.45. The summed E-state index contributed by atoms with van der Waals surface area (Å²) in [5.41, 5.74) is -0.652. The Bertz CT molecular complexity index is 771. The van der Waals surface area contributed by atoms with Gasteiger partial charge in [-0.1, -0.05) is 13.8 Å². The quantitative estimate of drug-likeness (QED) is 0.630. The van der Waals surface area contributed by atoms with Crippen molar-refractivity contribution in [1.82, 2.24) is 10.3 Å². The molecule has 1 aliphatic carbocycles. The van der Waals surface area contributed by atoms with Crippen molar-refractivity contribution in [1.29, 1.82) is 0 Å². The summed E-state index contributed by atoms with van der Waals surface area (Å²) in [6, 6.07) is 3.02. The van der Waals surface area contributed by atoms with Gasteiger partial charge in [-0.15, -0.1) is 0 Å². The van der Waals surface area contributed by atoms with Crippen LogP contribution >= 0.6 is 0 Å². The van der Waals surface area contributed by atoms with Crippen molar-refractivity contribution < 1.29 is 27.8 Å². The minimum absolute atomic E-state index is 0.0574. The van der Waals surface area contributed by atoms with Crippen molar-refractivity contribution >= 4 is 17.6 Å². The van der Waals surface area contributed by atoms with Gasteiger partial charge in [-0.05, 0) is 43.7 Å². The first-order valence-electron chi connectivity index (χ1n) is 9.91. The highest BCUT2D eigenvalue weighted by molar-refractivity contribution is 5.97. The molecule has 1 N–H and O–H groups in total. The minimum atomic E-state index is -2.73. The molecule has 29 heavy (non-hydrogen) atoms. The Labute approximate surface area is 168 Å². The van der Waals surface area contributed by atoms with Gasteiger partial charge in [0.25, 0.3) is 11.8 Å². The van der Waals surface area contributed by atoms with E-state index in [1.165, 1.54) is 18.1 Å². The first kappa shape index (κ1) is 21.3. The van der Waals surface area contributed by atoms with Crippen LogP contribution in [0, 0.1) is 5.92 Å².